The van der Waals surface area contributed by atoms with Gasteiger partial charge < -0.3 is 14.4 Å². The van der Waals surface area contributed by atoms with Crippen molar-refractivity contribution in [1.29, 1.82) is 0 Å². The number of ether oxygens (including phenoxy) is 2. The molecule has 2 saturated heterocycles. The van der Waals surface area contributed by atoms with Crippen molar-refractivity contribution < 1.29 is 22.7 Å². The van der Waals surface area contributed by atoms with Crippen molar-refractivity contribution in [2.45, 2.75) is 43.0 Å². The number of hydrogen-bond donors (Lipinski definition) is 0. The van der Waals surface area contributed by atoms with Gasteiger partial charge in [-0.15, -0.1) is 0 Å². The van der Waals surface area contributed by atoms with E-state index in [2.05, 4.69) is 0 Å². The molecule has 164 valence electrons. The second kappa shape index (κ2) is 8.16. The van der Waals surface area contributed by atoms with Crippen LogP contribution in [-0.2, 0) is 14.8 Å². The quantitative estimate of drug-likeness (QED) is 0.724. The summed E-state index contributed by atoms with van der Waals surface area (Å²) in [6, 6.07) is 12.2. The summed E-state index contributed by atoms with van der Waals surface area (Å²) in [4.78, 5) is 13.9. The van der Waals surface area contributed by atoms with E-state index < -0.39 is 10.0 Å². The van der Waals surface area contributed by atoms with Gasteiger partial charge in [0.1, 0.15) is 0 Å². The maximum atomic E-state index is 13.4. The number of sulfonamides is 1. The molecule has 0 saturated carbocycles. The zero-order valence-electron chi connectivity index (χ0n) is 17.3. The number of carbonyl (C=O) groups is 1. The van der Waals surface area contributed by atoms with E-state index >= 15 is 0 Å². The molecule has 3 heterocycles. The van der Waals surface area contributed by atoms with Gasteiger partial charge in [0.25, 0.3) is 0 Å². The molecule has 0 radical (unpaired) electrons. The molecule has 0 N–H and O–H groups in total. The van der Waals surface area contributed by atoms with E-state index in [1.807, 2.05) is 18.2 Å². The Morgan fingerprint density at radius 1 is 0.871 bits per heavy atom. The smallest absolute Gasteiger partial charge is 0.243 e. The Labute approximate surface area is 182 Å². The lowest BCUT2D eigenvalue weighted by Crippen LogP contribution is -2.31. The SMILES string of the molecule is O=C1CCCN1c1ccc(S(=O)(=O)N2CCC[C@H]2c2ccc3c(c2)OCCCO3)cc1. The predicted molar refractivity (Wildman–Crippen MR) is 116 cm³/mol. The Morgan fingerprint density at radius 2 is 1.65 bits per heavy atom. The lowest BCUT2D eigenvalue weighted by atomic mass is 10.0. The van der Waals surface area contributed by atoms with E-state index in [-0.39, 0.29) is 16.8 Å². The second-order valence-electron chi connectivity index (χ2n) is 8.17. The fourth-order valence-electron chi connectivity index (χ4n) is 4.60. The standard InChI is InChI=1S/C23H26N2O5S/c26-23-5-2-12-24(23)18-7-9-19(10-8-18)31(27,28)25-13-1-4-20(25)17-6-11-21-22(16-17)30-15-3-14-29-21/h6-11,16,20H,1-5,12-15H2/t20-/m0/s1. The van der Waals surface area contributed by atoms with Crippen LogP contribution in [0.1, 0.15) is 43.7 Å². The molecule has 0 unspecified atom stereocenters. The molecule has 8 heteroatoms. The Hall–Kier alpha value is -2.58. The minimum atomic E-state index is -3.66. The molecule has 0 aliphatic carbocycles. The van der Waals surface area contributed by atoms with Crippen molar-refractivity contribution in [3.8, 4) is 11.5 Å². The molecule has 31 heavy (non-hydrogen) atoms. The van der Waals surface area contributed by atoms with Crippen LogP contribution in [0.2, 0.25) is 0 Å². The van der Waals surface area contributed by atoms with Crippen LogP contribution in [0.25, 0.3) is 0 Å². The summed E-state index contributed by atoms with van der Waals surface area (Å²) in [5, 5.41) is 0. The number of fused-ring (bicyclic) bond motifs is 1. The molecular formula is C23H26N2O5S. The number of carbonyl (C=O) groups excluding carboxylic acids is 1. The Morgan fingerprint density at radius 3 is 2.39 bits per heavy atom. The van der Waals surface area contributed by atoms with Crippen molar-refractivity contribution in [2.75, 3.05) is 31.2 Å². The van der Waals surface area contributed by atoms with Gasteiger partial charge in [-0.2, -0.15) is 4.31 Å². The van der Waals surface area contributed by atoms with E-state index in [9.17, 15) is 13.2 Å². The van der Waals surface area contributed by atoms with Crippen LogP contribution in [-0.4, -0.2) is 44.9 Å². The highest BCUT2D eigenvalue weighted by atomic mass is 32.2. The molecule has 2 fully saturated rings. The fourth-order valence-corrected chi connectivity index (χ4v) is 6.29. The Balaban J connectivity index is 1.41. The summed E-state index contributed by atoms with van der Waals surface area (Å²) in [6.45, 7) is 2.38. The van der Waals surface area contributed by atoms with Gasteiger partial charge in [0.15, 0.2) is 11.5 Å². The van der Waals surface area contributed by atoms with Crippen LogP contribution in [0.15, 0.2) is 47.4 Å². The molecule has 5 rings (SSSR count). The zero-order chi connectivity index (χ0) is 21.4. The molecular weight excluding hydrogens is 416 g/mol. The van der Waals surface area contributed by atoms with E-state index in [0.29, 0.717) is 44.2 Å². The number of amides is 1. The molecule has 7 nitrogen and oxygen atoms in total. The zero-order valence-corrected chi connectivity index (χ0v) is 18.1. The summed E-state index contributed by atoms with van der Waals surface area (Å²) in [5.74, 6) is 1.48. The lowest BCUT2D eigenvalue weighted by Gasteiger charge is -2.25. The first kappa shape index (κ1) is 20.3. The number of benzene rings is 2. The monoisotopic (exact) mass is 442 g/mol. The summed E-state index contributed by atoms with van der Waals surface area (Å²) < 4.78 is 40.0. The minimum Gasteiger partial charge on any atom is -0.490 e. The molecule has 2 aromatic carbocycles. The molecule has 0 spiro atoms. The van der Waals surface area contributed by atoms with Crippen LogP contribution in [0.5, 0.6) is 11.5 Å². The Kier molecular flexibility index (Phi) is 5.35. The summed E-state index contributed by atoms with van der Waals surface area (Å²) >= 11 is 0. The average Bonchev–Trinajstić information content (AvgIpc) is 3.38. The van der Waals surface area contributed by atoms with Crippen molar-refractivity contribution in [3.63, 3.8) is 0 Å². The molecule has 0 bridgehead atoms. The predicted octanol–water partition coefficient (Wildman–Crippen LogP) is 3.50. The highest BCUT2D eigenvalue weighted by Crippen LogP contribution is 2.40. The van der Waals surface area contributed by atoms with E-state index in [1.165, 1.54) is 0 Å². The Bertz CT molecular complexity index is 1080. The van der Waals surface area contributed by atoms with Gasteiger partial charge in [-0.1, -0.05) is 6.07 Å². The van der Waals surface area contributed by atoms with Crippen LogP contribution in [0.4, 0.5) is 5.69 Å². The number of nitrogens with zero attached hydrogens (tertiary/aromatic N) is 2. The van der Waals surface area contributed by atoms with Crippen molar-refractivity contribution >= 4 is 21.6 Å². The van der Waals surface area contributed by atoms with Gasteiger partial charge in [-0.3, -0.25) is 4.79 Å². The molecule has 3 aliphatic rings. The van der Waals surface area contributed by atoms with Crippen LogP contribution >= 0.6 is 0 Å². The lowest BCUT2D eigenvalue weighted by molar-refractivity contribution is -0.117. The number of rotatable bonds is 4. The third-order valence-electron chi connectivity index (χ3n) is 6.19. The molecule has 1 amide bonds. The summed E-state index contributed by atoms with van der Waals surface area (Å²) in [5.41, 5.74) is 1.67. The molecule has 3 aliphatic heterocycles. The van der Waals surface area contributed by atoms with E-state index in [1.54, 1.807) is 33.5 Å². The van der Waals surface area contributed by atoms with Crippen molar-refractivity contribution in [1.82, 2.24) is 4.31 Å². The average molecular weight is 443 g/mol. The molecule has 1 atom stereocenters. The maximum absolute atomic E-state index is 13.4. The van der Waals surface area contributed by atoms with Gasteiger partial charge in [0.2, 0.25) is 15.9 Å². The largest absolute Gasteiger partial charge is 0.490 e. The summed E-state index contributed by atoms with van der Waals surface area (Å²) in [7, 11) is -3.66. The van der Waals surface area contributed by atoms with Crippen molar-refractivity contribution in [2.24, 2.45) is 0 Å². The van der Waals surface area contributed by atoms with Gasteiger partial charge in [0, 0.05) is 31.6 Å². The second-order valence-corrected chi connectivity index (χ2v) is 10.1. The minimum absolute atomic E-state index is 0.0876. The van der Waals surface area contributed by atoms with Gasteiger partial charge >= 0.3 is 0 Å². The van der Waals surface area contributed by atoms with E-state index in [0.717, 1.165) is 36.9 Å². The third kappa shape index (κ3) is 3.78. The van der Waals surface area contributed by atoms with Gasteiger partial charge in [0.05, 0.1) is 24.2 Å². The van der Waals surface area contributed by atoms with Gasteiger partial charge in [-0.25, -0.2) is 8.42 Å². The topological polar surface area (TPSA) is 76.2 Å². The number of hydrogen-bond acceptors (Lipinski definition) is 5. The van der Waals surface area contributed by atoms with Gasteiger partial charge in [-0.05, 0) is 61.2 Å². The van der Waals surface area contributed by atoms with Crippen LogP contribution < -0.4 is 14.4 Å². The highest BCUT2D eigenvalue weighted by Gasteiger charge is 2.37. The normalized spacial score (nSPS) is 22.0. The number of anilines is 1. The highest BCUT2D eigenvalue weighted by molar-refractivity contribution is 7.89. The van der Waals surface area contributed by atoms with E-state index in [4.69, 9.17) is 9.47 Å². The summed E-state index contributed by atoms with van der Waals surface area (Å²) in [6.07, 6.45) is 3.78. The maximum Gasteiger partial charge on any atom is 0.243 e. The van der Waals surface area contributed by atoms with Crippen LogP contribution in [0.3, 0.4) is 0 Å². The fraction of sp³-hybridized carbons (Fsp3) is 0.435. The molecule has 0 aromatic heterocycles. The van der Waals surface area contributed by atoms with Crippen molar-refractivity contribution in [3.05, 3.63) is 48.0 Å². The molecule has 2 aromatic rings. The van der Waals surface area contributed by atoms with Crippen LogP contribution in [0, 0.1) is 0 Å². The third-order valence-corrected chi connectivity index (χ3v) is 8.11. The first-order valence-electron chi connectivity index (χ1n) is 10.9. The first-order chi connectivity index (χ1) is 15.0. The first-order valence-corrected chi connectivity index (χ1v) is 12.3.